The van der Waals surface area contributed by atoms with Gasteiger partial charge in [0.25, 0.3) is 0 Å². The first-order chi connectivity index (χ1) is 14.7. The van der Waals surface area contributed by atoms with Crippen LogP contribution in [0.5, 0.6) is 0 Å². The number of nitrogens with zero attached hydrogens (tertiary/aromatic N) is 3. The fourth-order valence-electron chi connectivity index (χ4n) is 2.93. The highest BCUT2D eigenvalue weighted by atomic mass is 32.1. The maximum atomic E-state index is 13.4. The van der Waals surface area contributed by atoms with Crippen molar-refractivity contribution in [3.05, 3.63) is 70.4 Å². The summed E-state index contributed by atoms with van der Waals surface area (Å²) < 4.78 is 52.4. The summed E-state index contributed by atoms with van der Waals surface area (Å²) in [4.78, 5) is 15.8. The summed E-state index contributed by atoms with van der Waals surface area (Å²) in [6, 6.07) is 8.37. The highest BCUT2D eigenvalue weighted by Crippen LogP contribution is 2.37. The Bertz CT molecular complexity index is 1160. The predicted molar refractivity (Wildman–Crippen MR) is 109 cm³/mol. The Balaban J connectivity index is 1.63. The quantitative estimate of drug-likeness (QED) is 0.299. The Hall–Kier alpha value is -3.27. The Morgan fingerprint density at radius 2 is 2.00 bits per heavy atom. The number of rotatable bonds is 6. The molecule has 1 heterocycles. The van der Waals surface area contributed by atoms with Gasteiger partial charge in [0.05, 0.1) is 29.1 Å². The lowest BCUT2D eigenvalue weighted by Crippen LogP contribution is -2.19. The van der Waals surface area contributed by atoms with Crippen LogP contribution < -0.4 is 5.01 Å². The first-order valence-corrected chi connectivity index (χ1v) is 10.1. The summed E-state index contributed by atoms with van der Waals surface area (Å²) in [6.07, 6.45) is -1.42. The zero-order valence-electron chi connectivity index (χ0n) is 15.8. The van der Waals surface area contributed by atoms with Gasteiger partial charge >= 0.3 is 12.1 Å². The molecule has 5 nitrogen and oxygen atoms in total. The molecule has 1 saturated carbocycles. The molecule has 31 heavy (non-hydrogen) atoms. The molecule has 0 aliphatic heterocycles. The van der Waals surface area contributed by atoms with Gasteiger partial charge in [0.15, 0.2) is 0 Å². The number of carbonyl (C=O) groups is 1. The van der Waals surface area contributed by atoms with Crippen LogP contribution in [0, 0.1) is 5.82 Å². The molecule has 4 rings (SSSR count). The van der Waals surface area contributed by atoms with Gasteiger partial charge in [0.2, 0.25) is 5.13 Å². The number of halogens is 4. The van der Waals surface area contributed by atoms with Crippen LogP contribution in [-0.4, -0.2) is 28.3 Å². The summed E-state index contributed by atoms with van der Waals surface area (Å²) in [7, 11) is 0. The number of hydrogen-bond donors (Lipinski definition) is 1. The van der Waals surface area contributed by atoms with Gasteiger partial charge in [0, 0.05) is 16.5 Å². The maximum absolute atomic E-state index is 13.4. The molecular weight excluding hydrogens is 434 g/mol. The highest BCUT2D eigenvalue weighted by molar-refractivity contribution is 7.14. The monoisotopic (exact) mass is 449 g/mol. The van der Waals surface area contributed by atoms with Crippen LogP contribution in [0.1, 0.15) is 34.3 Å². The van der Waals surface area contributed by atoms with E-state index in [1.165, 1.54) is 29.7 Å². The van der Waals surface area contributed by atoms with E-state index >= 15 is 0 Å². The number of anilines is 1. The Labute approximate surface area is 178 Å². The predicted octanol–water partition coefficient (Wildman–Crippen LogP) is 5.67. The molecule has 1 aromatic heterocycles. The van der Waals surface area contributed by atoms with E-state index in [9.17, 15) is 27.5 Å². The van der Waals surface area contributed by atoms with Gasteiger partial charge in [-0.15, -0.1) is 11.3 Å². The molecule has 0 spiro atoms. The molecule has 0 atom stereocenters. The molecule has 0 radical (unpaired) electrons. The average Bonchev–Trinajstić information content (AvgIpc) is 3.44. The molecule has 1 aliphatic rings. The number of thiazole rings is 1. The summed E-state index contributed by atoms with van der Waals surface area (Å²) in [5.41, 5.74) is -0.0182. The minimum atomic E-state index is -4.45. The van der Waals surface area contributed by atoms with E-state index in [1.54, 1.807) is 16.5 Å². The van der Waals surface area contributed by atoms with E-state index in [-0.39, 0.29) is 17.2 Å². The van der Waals surface area contributed by atoms with Crippen molar-refractivity contribution < 1.29 is 27.5 Å². The lowest BCUT2D eigenvalue weighted by molar-refractivity contribution is -0.137. The average molecular weight is 449 g/mol. The van der Waals surface area contributed by atoms with Crippen molar-refractivity contribution in [2.24, 2.45) is 5.10 Å². The zero-order chi connectivity index (χ0) is 22.2. The second-order valence-electron chi connectivity index (χ2n) is 6.95. The van der Waals surface area contributed by atoms with E-state index in [0.29, 0.717) is 16.4 Å². The van der Waals surface area contributed by atoms with Crippen molar-refractivity contribution >= 4 is 28.7 Å². The van der Waals surface area contributed by atoms with Crippen molar-refractivity contribution in [3.8, 4) is 11.3 Å². The van der Waals surface area contributed by atoms with Crippen LogP contribution in [0.25, 0.3) is 11.3 Å². The Morgan fingerprint density at radius 1 is 1.23 bits per heavy atom. The van der Waals surface area contributed by atoms with E-state index in [4.69, 9.17) is 0 Å². The molecule has 10 heteroatoms. The molecule has 160 valence electrons. The highest BCUT2D eigenvalue weighted by Gasteiger charge is 2.32. The van der Waals surface area contributed by atoms with Crippen LogP contribution in [0.3, 0.4) is 0 Å². The second-order valence-corrected chi connectivity index (χ2v) is 7.79. The molecule has 1 N–H and O–H groups in total. The number of hydrogen-bond acceptors (Lipinski definition) is 5. The number of alkyl halides is 3. The second kappa shape index (κ2) is 8.10. The number of aromatic carboxylic acids is 1. The third kappa shape index (κ3) is 4.74. The van der Waals surface area contributed by atoms with Crippen molar-refractivity contribution in [3.63, 3.8) is 0 Å². The van der Waals surface area contributed by atoms with E-state index in [2.05, 4.69) is 10.1 Å². The molecule has 3 aromatic rings. The molecule has 2 aromatic carbocycles. The van der Waals surface area contributed by atoms with Gasteiger partial charge in [-0.05, 0) is 43.2 Å². The molecule has 0 amide bonds. The number of hydrazone groups is 1. The van der Waals surface area contributed by atoms with Crippen molar-refractivity contribution in [2.75, 3.05) is 5.01 Å². The lowest BCUT2D eigenvalue weighted by atomic mass is 10.1. The normalized spacial score (nSPS) is 14.2. The van der Waals surface area contributed by atoms with Crippen molar-refractivity contribution in [2.45, 2.75) is 25.1 Å². The number of carboxylic acids is 1. The lowest BCUT2D eigenvalue weighted by Gasteiger charge is -2.14. The van der Waals surface area contributed by atoms with E-state index in [1.807, 2.05) is 0 Å². The molecule has 0 saturated heterocycles. The van der Waals surface area contributed by atoms with Crippen molar-refractivity contribution in [1.29, 1.82) is 0 Å². The van der Waals surface area contributed by atoms with E-state index < -0.39 is 23.5 Å². The number of carboxylic acid groups (broad SMARTS) is 1. The van der Waals surface area contributed by atoms with Gasteiger partial charge in [-0.3, -0.25) is 0 Å². The Kier molecular flexibility index (Phi) is 5.48. The standard InChI is InChI=1S/C21H15F4N3O2S/c22-15-5-4-13(17(9-15)19(29)30)10-26-28(16-6-7-16)20-27-18(11-31-20)12-2-1-3-14(8-12)21(23,24)25/h1-5,8-11,16H,6-7H2,(H,29,30). The smallest absolute Gasteiger partial charge is 0.416 e. The van der Waals surface area contributed by atoms with Crippen LogP contribution >= 0.6 is 11.3 Å². The van der Waals surface area contributed by atoms with Gasteiger partial charge < -0.3 is 5.11 Å². The fraction of sp³-hybridized carbons (Fsp3) is 0.190. The van der Waals surface area contributed by atoms with E-state index in [0.717, 1.165) is 37.1 Å². The molecule has 1 fully saturated rings. The van der Waals surface area contributed by atoms with Crippen LogP contribution in [0.15, 0.2) is 52.9 Å². The molecule has 0 bridgehead atoms. The molecular formula is C21H15F4N3O2S. The number of aromatic nitrogens is 1. The number of benzene rings is 2. The van der Waals surface area contributed by atoms with Crippen LogP contribution in [-0.2, 0) is 6.18 Å². The fourth-order valence-corrected chi connectivity index (χ4v) is 3.79. The zero-order valence-corrected chi connectivity index (χ0v) is 16.6. The molecule has 1 aliphatic carbocycles. The summed E-state index contributed by atoms with van der Waals surface area (Å²) in [6.45, 7) is 0. The summed E-state index contributed by atoms with van der Waals surface area (Å²) in [5, 5.41) is 17.4. The topological polar surface area (TPSA) is 65.8 Å². The maximum Gasteiger partial charge on any atom is 0.416 e. The Morgan fingerprint density at radius 3 is 2.68 bits per heavy atom. The minimum absolute atomic E-state index is 0.0606. The SMILES string of the molecule is O=C(O)c1cc(F)ccc1C=NN(c1nc(-c2cccc(C(F)(F)F)c2)cs1)C1CC1. The third-order valence-electron chi connectivity index (χ3n) is 4.63. The first kappa shape index (κ1) is 21.0. The molecule has 0 unspecified atom stereocenters. The van der Waals surface area contributed by atoms with Crippen LogP contribution in [0.4, 0.5) is 22.7 Å². The van der Waals surface area contributed by atoms with Gasteiger partial charge in [-0.1, -0.05) is 12.1 Å². The van der Waals surface area contributed by atoms with Gasteiger partial charge in [-0.25, -0.2) is 19.2 Å². The third-order valence-corrected chi connectivity index (χ3v) is 5.46. The summed E-state index contributed by atoms with van der Waals surface area (Å²) >= 11 is 1.23. The first-order valence-electron chi connectivity index (χ1n) is 9.21. The summed E-state index contributed by atoms with van der Waals surface area (Å²) in [5.74, 6) is -1.95. The van der Waals surface area contributed by atoms with Gasteiger partial charge in [-0.2, -0.15) is 18.3 Å². The largest absolute Gasteiger partial charge is 0.478 e. The van der Waals surface area contributed by atoms with Crippen LogP contribution in [0.2, 0.25) is 0 Å². The van der Waals surface area contributed by atoms with Crippen molar-refractivity contribution in [1.82, 2.24) is 4.98 Å². The minimum Gasteiger partial charge on any atom is -0.478 e. The van der Waals surface area contributed by atoms with Gasteiger partial charge in [0.1, 0.15) is 5.82 Å².